The van der Waals surface area contributed by atoms with Gasteiger partial charge in [0.2, 0.25) is 7.91 Å². The fraction of sp³-hybridized carbons (Fsp3) is 0. The number of rotatable bonds is 1. The van der Waals surface area contributed by atoms with Crippen LogP contribution in [0.1, 0.15) is 0 Å². The van der Waals surface area contributed by atoms with E-state index in [4.69, 9.17) is 8.20 Å². The first kappa shape index (κ1) is 0.995. The van der Waals surface area contributed by atoms with Gasteiger partial charge in [0, 0.05) is 0 Å². The lowest BCUT2D eigenvalue weighted by molar-refractivity contribution is 1.78. The van der Waals surface area contributed by atoms with E-state index >= 15 is 0 Å². The quantitative estimate of drug-likeness (QED) is 0.174. The summed E-state index contributed by atoms with van der Waals surface area (Å²) in [6.45, 7) is 0. The monoisotopic (exact) mass is 58.0 g/mol. The molecule has 4 heavy (non-hydrogen) atoms. The number of hydrogen-bond donors (Lipinski definition) is 0. The van der Waals surface area contributed by atoms with Crippen LogP contribution in [0.4, 0.5) is 0 Å². The van der Waals surface area contributed by atoms with Crippen molar-refractivity contribution in [3.8, 4) is 0 Å². The Labute approximate surface area is 27.4 Å². The Morgan fingerprint density at radius 2 is 3.75 bits per heavy atom. The SMILES string of the molecule is [2H]B([3H])N=[N+]=[N-]. The van der Waals surface area contributed by atoms with Crippen molar-refractivity contribution in [1.82, 2.24) is 0 Å². The first-order chi connectivity index (χ1) is 2.77. The molecular weight excluding hydrogens is 52.8 g/mol. The van der Waals surface area contributed by atoms with Crippen molar-refractivity contribution in [2.45, 2.75) is 0 Å². The average Bonchev–Trinajstić information content (AvgIpc) is 1.35. The molecule has 0 spiro atoms. The van der Waals surface area contributed by atoms with Gasteiger partial charge < -0.3 is 0 Å². The second-order valence-electron chi connectivity index (χ2n) is 0.205. The van der Waals surface area contributed by atoms with Crippen LogP contribution in [0, 0.1) is 0 Å². The maximum atomic E-state index is 7.46. The summed E-state index contributed by atoms with van der Waals surface area (Å²) < 4.78 is 12.4. The minimum Gasteiger partial charge on any atom is -0.158 e. The van der Waals surface area contributed by atoms with Crippen molar-refractivity contribution in [2.75, 3.05) is 0 Å². The fourth-order valence-electron chi connectivity index (χ4n) is 0. The molecule has 0 aromatic heterocycles. The van der Waals surface area contributed by atoms with Gasteiger partial charge in [0.15, 0.2) is 0 Å². The fourth-order valence-corrected chi connectivity index (χ4v) is 0. The van der Waals surface area contributed by atoms with E-state index in [9.17, 15) is 0 Å². The average molecular weight is 57.9 g/mol. The lowest BCUT2D eigenvalue weighted by Crippen LogP contribution is -1.30. The molecule has 0 unspecified atom stereocenters. The predicted molar refractivity (Wildman–Crippen MR) is 17.7 cm³/mol. The predicted octanol–water partition coefficient (Wildman–Crippen LogP) is -0.155. The summed E-state index contributed by atoms with van der Waals surface area (Å²) in [4.78, 5) is 2.19. The molecule has 0 aliphatic rings. The van der Waals surface area contributed by atoms with Crippen LogP contribution in [0.5, 0.6) is 0 Å². The van der Waals surface area contributed by atoms with Crippen LogP contribution in [0.2, 0.25) is 0 Å². The molecule has 0 fully saturated rings. The van der Waals surface area contributed by atoms with Gasteiger partial charge in [-0.1, -0.05) is 0 Å². The van der Waals surface area contributed by atoms with E-state index in [0.717, 1.165) is 0 Å². The highest BCUT2D eigenvalue weighted by Crippen LogP contribution is 1.44. The molecule has 0 amide bonds. The van der Waals surface area contributed by atoms with Crippen LogP contribution in [0.3, 0.4) is 0 Å². The largest absolute Gasteiger partial charge is 0.206 e. The first-order valence-electron chi connectivity index (χ1n) is 1.81. The molecular formula is H2BN3. The van der Waals surface area contributed by atoms with Crippen LogP contribution in [-0.4, -0.2) is 10.6 Å². The van der Waals surface area contributed by atoms with E-state index < -0.39 is 7.91 Å². The Morgan fingerprint density at radius 1 is 3.00 bits per heavy atom. The first-order valence-corrected chi connectivity index (χ1v) is 0.658. The van der Waals surface area contributed by atoms with E-state index in [1.807, 2.05) is 0 Å². The molecule has 0 bridgehead atoms. The van der Waals surface area contributed by atoms with Gasteiger partial charge in [-0.2, -0.15) is 5.03 Å². The summed E-state index contributed by atoms with van der Waals surface area (Å²) in [6.07, 6.45) is 0. The highest BCUT2D eigenvalue weighted by Gasteiger charge is 1.30. The Bertz CT molecular complexity index is 72.9. The van der Waals surface area contributed by atoms with E-state index in [0.29, 0.717) is 0 Å². The Hall–Kier alpha value is -0.625. The van der Waals surface area contributed by atoms with Gasteiger partial charge in [-0.3, -0.25) is 0 Å². The molecule has 0 aromatic rings. The van der Waals surface area contributed by atoms with Crippen LogP contribution >= 0.6 is 0 Å². The topological polar surface area (TPSA) is 48.8 Å². The zero-order valence-electron chi connectivity index (χ0n) is 3.92. The molecule has 0 N–H and O–H groups in total. The Morgan fingerprint density at radius 3 is 3.75 bits per heavy atom. The third-order valence-electron chi connectivity index (χ3n) is 0.0516. The third kappa shape index (κ3) is 1.37. The summed E-state index contributed by atoms with van der Waals surface area (Å²) in [5.41, 5.74) is 7.46. The lowest BCUT2D eigenvalue weighted by Gasteiger charge is -1.33. The van der Waals surface area contributed by atoms with Crippen LogP contribution in [-0.2, 0) is 0 Å². The number of hydrogen-bond acceptors (Lipinski definition) is 1. The highest BCUT2D eigenvalue weighted by molar-refractivity contribution is 6.05. The zero-order chi connectivity index (χ0) is 4.99. The minimum absolute atomic E-state index is 1.39. The maximum Gasteiger partial charge on any atom is 0.206 e. The molecule has 0 saturated heterocycles. The lowest BCUT2D eigenvalue weighted by atomic mass is 10.5. The van der Waals surface area contributed by atoms with Crippen molar-refractivity contribution >= 4 is 7.91 Å². The second kappa shape index (κ2) is 2.37. The van der Waals surface area contributed by atoms with Gasteiger partial charge in [-0.15, -0.1) is 0 Å². The molecule has 0 aliphatic heterocycles. The van der Waals surface area contributed by atoms with Gasteiger partial charge in [0.05, 0.1) is 0 Å². The highest BCUT2D eigenvalue weighted by atomic mass is 15.1. The van der Waals surface area contributed by atoms with Crippen molar-refractivity contribution < 1.29 is 0 Å². The smallest absolute Gasteiger partial charge is 0.158 e. The molecule has 0 aliphatic carbocycles. The molecule has 0 radical (unpaired) electrons. The van der Waals surface area contributed by atoms with Crippen LogP contribution in [0.15, 0.2) is 5.03 Å². The summed E-state index contributed by atoms with van der Waals surface area (Å²) >= 11 is 0. The normalized spacial score (nSPS) is 10.0. The summed E-state index contributed by atoms with van der Waals surface area (Å²) in [5, 5.41) is 2.64. The Kier molecular flexibility index (Phi) is 0.590. The van der Waals surface area contributed by atoms with Crippen molar-refractivity contribution in [3.63, 3.8) is 0 Å². The van der Waals surface area contributed by atoms with E-state index in [2.05, 4.69) is 9.94 Å². The van der Waals surface area contributed by atoms with Gasteiger partial charge in [0.25, 0.3) is 0 Å². The van der Waals surface area contributed by atoms with E-state index in [1.54, 1.807) is 0 Å². The summed E-state index contributed by atoms with van der Waals surface area (Å²) in [6, 6.07) is 0. The van der Waals surface area contributed by atoms with E-state index in [1.165, 1.54) is 0 Å². The third-order valence-corrected chi connectivity index (χ3v) is 0.0516. The van der Waals surface area contributed by atoms with Crippen LogP contribution in [0.25, 0.3) is 10.4 Å². The molecule has 0 atom stereocenters. The molecule has 0 aromatic carbocycles. The van der Waals surface area contributed by atoms with Gasteiger partial charge in [-0.05, 0) is 13.1 Å². The second-order valence-corrected chi connectivity index (χ2v) is 0.205. The molecule has 20 valence electrons. The number of azide groups is 1. The van der Waals surface area contributed by atoms with Gasteiger partial charge >= 0.3 is 0 Å². The minimum atomic E-state index is -1.39. The number of nitrogens with zero attached hydrogens (tertiary/aromatic N) is 3. The Balaban J connectivity index is 3.29. The van der Waals surface area contributed by atoms with Gasteiger partial charge in [-0.25, -0.2) is 0 Å². The van der Waals surface area contributed by atoms with Crippen LogP contribution < -0.4 is 0 Å². The zero-order valence-corrected chi connectivity index (χ0v) is 1.92. The molecule has 4 heteroatoms. The summed E-state index contributed by atoms with van der Waals surface area (Å²) in [5.74, 6) is 0. The van der Waals surface area contributed by atoms with E-state index in [-0.39, 0.29) is 0 Å². The van der Waals surface area contributed by atoms with Crippen molar-refractivity contribution in [2.24, 2.45) is 5.03 Å². The van der Waals surface area contributed by atoms with Crippen molar-refractivity contribution in [1.29, 1.82) is 2.67 Å². The molecule has 0 heterocycles. The maximum absolute atomic E-state index is 7.46. The standard InChI is InChI=1S/BH2N3/c1-3-4-2/h1H2/i1TD. The summed E-state index contributed by atoms with van der Waals surface area (Å²) in [7, 11) is -1.39. The molecule has 3 nitrogen and oxygen atoms in total. The van der Waals surface area contributed by atoms with Gasteiger partial charge in [0.1, 0.15) is 0 Å². The van der Waals surface area contributed by atoms with Crippen molar-refractivity contribution in [3.05, 3.63) is 10.4 Å². The molecule has 0 rings (SSSR count). The molecule has 0 saturated carbocycles.